The minimum atomic E-state index is -3.85. The molecule has 1 atom stereocenters. The Hall–Kier alpha value is -2.49. The number of rotatable bonds is 9. The highest BCUT2D eigenvalue weighted by Gasteiger charge is 2.34. The first-order chi connectivity index (χ1) is 13.2. The van der Waals surface area contributed by atoms with E-state index in [4.69, 9.17) is 4.74 Å². The summed E-state index contributed by atoms with van der Waals surface area (Å²) in [6.07, 6.45) is 0.0463. The zero-order valence-electron chi connectivity index (χ0n) is 15.4. The summed E-state index contributed by atoms with van der Waals surface area (Å²) in [4.78, 5) is 39.5. The Labute approximate surface area is 162 Å². The molecule has 0 radical (unpaired) electrons. The fraction of sp³-hybridized carbons (Fsp3) is 0.500. The maximum Gasteiger partial charge on any atom is 0.534 e. The molecule has 1 aromatic rings. The topological polar surface area (TPSA) is 107 Å². The molecule has 2 amide bonds. The number of sulfone groups is 1. The summed E-state index contributed by atoms with van der Waals surface area (Å²) in [5, 5.41) is 0.333. The molecule has 0 aromatic heterocycles. The third kappa shape index (κ3) is 6.01. The van der Waals surface area contributed by atoms with Crippen molar-refractivity contribution in [2.24, 2.45) is 0 Å². The van der Waals surface area contributed by atoms with Crippen LogP contribution in [-0.4, -0.2) is 43.3 Å². The van der Waals surface area contributed by atoms with Gasteiger partial charge in [-0.1, -0.05) is 24.8 Å². The lowest BCUT2D eigenvalue weighted by Crippen LogP contribution is -2.35. The van der Waals surface area contributed by atoms with E-state index in [1.807, 2.05) is 6.92 Å². The SMILES string of the molecule is CCCCCC(CS(=O)(=O)c1ccc(F)cc1)OC(=O)ON1C(=O)CCC1=O. The van der Waals surface area contributed by atoms with Crippen molar-refractivity contribution < 1.29 is 36.8 Å². The molecule has 1 aliphatic rings. The Morgan fingerprint density at radius 3 is 2.32 bits per heavy atom. The monoisotopic (exact) mass is 415 g/mol. The highest BCUT2D eigenvalue weighted by Crippen LogP contribution is 2.19. The summed E-state index contributed by atoms with van der Waals surface area (Å²) in [6, 6.07) is 4.32. The van der Waals surface area contributed by atoms with Crippen LogP contribution >= 0.6 is 0 Å². The van der Waals surface area contributed by atoms with E-state index in [-0.39, 0.29) is 24.2 Å². The minimum Gasteiger partial charge on any atom is -0.428 e. The third-order valence-corrected chi connectivity index (χ3v) is 5.94. The zero-order chi connectivity index (χ0) is 20.7. The lowest BCUT2D eigenvalue weighted by molar-refractivity contribution is -0.178. The number of benzene rings is 1. The average Bonchev–Trinajstić information content (AvgIpc) is 2.94. The van der Waals surface area contributed by atoms with Crippen molar-refractivity contribution in [3.63, 3.8) is 0 Å². The minimum absolute atomic E-state index is 0.0645. The molecule has 1 unspecified atom stereocenters. The van der Waals surface area contributed by atoms with Gasteiger partial charge in [0, 0.05) is 12.8 Å². The number of hydrogen-bond acceptors (Lipinski definition) is 7. The van der Waals surface area contributed by atoms with Gasteiger partial charge < -0.3 is 4.74 Å². The Bertz CT molecular complexity index is 807. The number of imide groups is 1. The van der Waals surface area contributed by atoms with Gasteiger partial charge in [-0.05, 0) is 37.1 Å². The normalized spacial score (nSPS) is 15.6. The molecular formula is C18H22FNO7S. The van der Waals surface area contributed by atoms with Crippen LogP contribution in [0.1, 0.15) is 45.4 Å². The first-order valence-electron chi connectivity index (χ1n) is 8.95. The van der Waals surface area contributed by atoms with Crippen LogP contribution in [0.3, 0.4) is 0 Å². The molecule has 1 heterocycles. The van der Waals surface area contributed by atoms with Crippen LogP contribution in [0.5, 0.6) is 0 Å². The van der Waals surface area contributed by atoms with Gasteiger partial charge in [-0.3, -0.25) is 14.4 Å². The van der Waals surface area contributed by atoms with Crippen LogP contribution in [0.4, 0.5) is 9.18 Å². The molecule has 10 heteroatoms. The number of unbranched alkanes of at least 4 members (excludes halogenated alkanes) is 2. The second-order valence-corrected chi connectivity index (χ2v) is 8.43. The first-order valence-corrected chi connectivity index (χ1v) is 10.6. The quantitative estimate of drug-likeness (QED) is 0.264. The lowest BCUT2D eigenvalue weighted by atomic mass is 10.1. The molecule has 0 bridgehead atoms. The fourth-order valence-electron chi connectivity index (χ4n) is 2.67. The van der Waals surface area contributed by atoms with Gasteiger partial charge in [0.1, 0.15) is 11.9 Å². The smallest absolute Gasteiger partial charge is 0.428 e. The summed E-state index contributed by atoms with van der Waals surface area (Å²) in [5.74, 6) is -2.43. The van der Waals surface area contributed by atoms with Crippen LogP contribution in [-0.2, 0) is 29.0 Å². The van der Waals surface area contributed by atoms with E-state index < -0.39 is 45.5 Å². The molecule has 0 spiro atoms. The van der Waals surface area contributed by atoms with Crippen molar-refractivity contribution in [3.8, 4) is 0 Å². The molecular weight excluding hydrogens is 393 g/mol. The Kier molecular flexibility index (Phi) is 7.50. The lowest BCUT2D eigenvalue weighted by Gasteiger charge is -2.19. The van der Waals surface area contributed by atoms with Gasteiger partial charge in [-0.2, -0.15) is 0 Å². The van der Waals surface area contributed by atoms with Crippen molar-refractivity contribution in [1.29, 1.82) is 0 Å². The van der Waals surface area contributed by atoms with E-state index in [1.54, 1.807) is 0 Å². The molecule has 0 aliphatic carbocycles. The highest BCUT2D eigenvalue weighted by molar-refractivity contribution is 7.91. The summed E-state index contributed by atoms with van der Waals surface area (Å²) >= 11 is 0. The van der Waals surface area contributed by atoms with E-state index in [9.17, 15) is 27.2 Å². The van der Waals surface area contributed by atoms with Crippen molar-refractivity contribution in [1.82, 2.24) is 5.06 Å². The van der Waals surface area contributed by atoms with Crippen LogP contribution < -0.4 is 0 Å². The van der Waals surface area contributed by atoms with E-state index in [2.05, 4.69) is 4.84 Å². The molecule has 154 valence electrons. The van der Waals surface area contributed by atoms with Crippen LogP contribution in [0, 0.1) is 5.82 Å². The van der Waals surface area contributed by atoms with Gasteiger partial charge in [0.25, 0.3) is 11.8 Å². The molecule has 1 saturated heterocycles. The average molecular weight is 415 g/mol. The molecule has 2 rings (SSSR count). The summed E-state index contributed by atoms with van der Waals surface area (Å²) < 4.78 is 43.2. The number of amides is 2. The Morgan fingerprint density at radius 2 is 1.75 bits per heavy atom. The van der Waals surface area contributed by atoms with Crippen molar-refractivity contribution in [2.75, 3.05) is 5.75 Å². The summed E-state index contributed by atoms with van der Waals surface area (Å²) in [7, 11) is -3.85. The molecule has 1 fully saturated rings. The number of hydrogen-bond donors (Lipinski definition) is 0. The first kappa shape index (κ1) is 21.8. The van der Waals surface area contributed by atoms with Crippen LogP contribution in [0.2, 0.25) is 0 Å². The van der Waals surface area contributed by atoms with E-state index in [1.165, 1.54) is 0 Å². The molecule has 1 aromatic carbocycles. The number of halogens is 1. The maximum absolute atomic E-state index is 13.0. The third-order valence-electron chi connectivity index (χ3n) is 4.14. The van der Waals surface area contributed by atoms with E-state index >= 15 is 0 Å². The number of ether oxygens (including phenoxy) is 1. The fourth-order valence-corrected chi connectivity index (χ4v) is 4.14. The number of carbonyl (C=O) groups is 3. The van der Waals surface area contributed by atoms with Gasteiger partial charge in [0.2, 0.25) is 0 Å². The van der Waals surface area contributed by atoms with E-state index in [0.717, 1.165) is 37.1 Å². The number of nitrogens with zero attached hydrogens (tertiary/aromatic N) is 1. The zero-order valence-corrected chi connectivity index (χ0v) is 16.2. The molecule has 8 nitrogen and oxygen atoms in total. The largest absolute Gasteiger partial charge is 0.534 e. The van der Waals surface area contributed by atoms with Crippen molar-refractivity contribution in [3.05, 3.63) is 30.1 Å². The Morgan fingerprint density at radius 1 is 1.14 bits per heavy atom. The van der Waals surface area contributed by atoms with Gasteiger partial charge >= 0.3 is 6.16 Å². The Balaban J connectivity index is 2.05. The standard InChI is InChI=1S/C18H22FNO7S/c1-2-3-4-5-14(12-28(24,25)15-8-6-13(19)7-9-15)26-18(23)27-20-16(21)10-11-17(20)22/h6-9,14H,2-5,10-12H2,1H3. The molecule has 0 N–H and O–H groups in total. The maximum atomic E-state index is 13.0. The molecule has 0 saturated carbocycles. The number of hydroxylamine groups is 2. The van der Waals surface area contributed by atoms with Gasteiger partial charge in [0.15, 0.2) is 9.84 Å². The summed E-state index contributed by atoms with van der Waals surface area (Å²) in [6.45, 7) is 1.96. The predicted octanol–water partition coefficient (Wildman–Crippen LogP) is 2.77. The summed E-state index contributed by atoms with van der Waals surface area (Å²) in [5.41, 5.74) is 0. The van der Waals surface area contributed by atoms with Gasteiger partial charge in [-0.25, -0.2) is 17.6 Å². The predicted molar refractivity (Wildman–Crippen MR) is 95.0 cm³/mol. The highest BCUT2D eigenvalue weighted by atomic mass is 32.2. The van der Waals surface area contributed by atoms with Crippen LogP contribution in [0.25, 0.3) is 0 Å². The molecule has 1 aliphatic heterocycles. The van der Waals surface area contributed by atoms with Crippen molar-refractivity contribution >= 4 is 27.8 Å². The van der Waals surface area contributed by atoms with E-state index in [0.29, 0.717) is 11.5 Å². The second kappa shape index (κ2) is 9.63. The number of carbonyl (C=O) groups excluding carboxylic acids is 3. The van der Waals surface area contributed by atoms with Gasteiger partial charge in [-0.15, -0.1) is 0 Å². The van der Waals surface area contributed by atoms with Gasteiger partial charge in [0.05, 0.1) is 10.6 Å². The van der Waals surface area contributed by atoms with Crippen molar-refractivity contribution in [2.45, 2.75) is 56.4 Å². The molecule has 28 heavy (non-hydrogen) atoms. The second-order valence-electron chi connectivity index (χ2n) is 6.39. The van der Waals surface area contributed by atoms with Crippen LogP contribution in [0.15, 0.2) is 29.2 Å².